The van der Waals surface area contributed by atoms with E-state index in [1.54, 1.807) is 6.07 Å². The number of rotatable bonds is 2. The Hall–Kier alpha value is -0.410. The smallest absolute Gasteiger partial charge is 0.137 e. The maximum Gasteiger partial charge on any atom is 0.137 e. The van der Waals surface area contributed by atoms with Gasteiger partial charge in [0.2, 0.25) is 0 Å². The zero-order chi connectivity index (χ0) is 9.26. The van der Waals surface area contributed by atoms with E-state index in [2.05, 4.69) is 20.8 Å². The quantitative estimate of drug-likeness (QED) is 0.773. The van der Waals surface area contributed by atoms with E-state index < -0.39 is 0 Å². The molecule has 0 aromatic heterocycles. The van der Waals surface area contributed by atoms with Crippen molar-refractivity contribution in [2.75, 3.05) is 13.1 Å². The largest absolute Gasteiger partial charge is 0.299 e. The zero-order valence-corrected chi connectivity index (χ0v) is 8.85. The minimum atomic E-state index is -0.168. The fourth-order valence-electron chi connectivity index (χ4n) is 1.45. The van der Waals surface area contributed by atoms with Gasteiger partial charge in [-0.05, 0) is 47.1 Å². The predicted molar refractivity (Wildman–Crippen MR) is 54.0 cm³/mol. The van der Waals surface area contributed by atoms with E-state index in [9.17, 15) is 4.39 Å². The van der Waals surface area contributed by atoms with Gasteiger partial charge in [0.25, 0.3) is 0 Å². The average Bonchev–Trinajstić information content (AvgIpc) is 2.04. The lowest BCUT2D eigenvalue weighted by atomic mass is 10.1. The monoisotopic (exact) mass is 243 g/mol. The molecule has 0 unspecified atom stereocenters. The van der Waals surface area contributed by atoms with Crippen molar-refractivity contribution in [1.82, 2.24) is 4.90 Å². The molecule has 0 atom stereocenters. The van der Waals surface area contributed by atoms with Gasteiger partial charge in [0.1, 0.15) is 5.82 Å². The van der Waals surface area contributed by atoms with Crippen molar-refractivity contribution < 1.29 is 4.39 Å². The molecule has 1 heterocycles. The Morgan fingerprint density at radius 1 is 1.38 bits per heavy atom. The molecule has 2 rings (SSSR count). The first-order valence-electron chi connectivity index (χ1n) is 4.42. The molecule has 1 saturated heterocycles. The van der Waals surface area contributed by atoms with E-state index in [0.29, 0.717) is 4.47 Å². The summed E-state index contributed by atoms with van der Waals surface area (Å²) in [6.07, 6.45) is 1.27. The third-order valence-electron chi connectivity index (χ3n) is 2.37. The fraction of sp³-hybridized carbons (Fsp3) is 0.400. The van der Waals surface area contributed by atoms with Crippen LogP contribution in [0.25, 0.3) is 0 Å². The molecule has 1 nitrogen and oxygen atoms in total. The van der Waals surface area contributed by atoms with Crippen LogP contribution < -0.4 is 0 Å². The summed E-state index contributed by atoms with van der Waals surface area (Å²) in [5.41, 5.74) is 1.04. The van der Waals surface area contributed by atoms with E-state index in [0.717, 1.165) is 25.2 Å². The fourth-order valence-corrected chi connectivity index (χ4v) is 1.84. The van der Waals surface area contributed by atoms with E-state index in [1.807, 2.05) is 6.07 Å². The summed E-state index contributed by atoms with van der Waals surface area (Å²) in [5, 5.41) is 0. The zero-order valence-electron chi connectivity index (χ0n) is 7.26. The molecule has 0 spiro atoms. The van der Waals surface area contributed by atoms with Crippen molar-refractivity contribution in [3.8, 4) is 0 Å². The van der Waals surface area contributed by atoms with Gasteiger partial charge in [-0.3, -0.25) is 4.90 Å². The Bertz CT molecular complexity index is 310. The average molecular weight is 244 g/mol. The van der Waals surface area contributed by atoms with Crippen LogP contribution in [0.1, 0.15) is 12.0 Å². The normalized spacial score (nSPS) is 17.1. The Balaban J connectivity index is 2.14. The first kappa shape index (κ1) is 9.16. The van der Waals surface area contributed by atoms with Crippen molar-refractivity contribution in [3.05, 3.63) is 34.1 Å². The lowest BCUT2D eigenvalue weighted by Crippen LogP contribution is -2.36. The molecule has 0 N–H and O–H groups in total. The second-order valence-electron chi connectivity index (χ2n) is 3.34. The Morgan fingerprint density at radius 2 is 2.15 bits per heavy atom. The molecular formula is C10H11BrFN. The van der Waals surface area contributed by atoms with Crippen LogP contribution in [0.5, 0.6) is 0 Å². The second kappa shape index (κ2) is 3.76. The van der Waals surface area contributed by atoms with E-state index >= 15 is 0 Å². The highest BCUT2D eigenvalue weighted by molar-refractivity contribution is 9.10. The standard InChI is InChI=1S/C10H11BrFN/c11-10-8(3-1-4-9(10)12)7-13-5-2-6-13/h1,3-4H,2,5-7H2. The van der Waals surface area contributed by atoms with Gasteiger partial charge in [0.15, 0.2) is 0 Å². The molecule has 0 aliphatic carbocycles. The summed E-state index contributed by atoms with van der Waals surface area (Å²) >= 11 is 3.26. The van der Waals surface area contributed by atoms with Crippen LogP contribution in [-0.4, -0.2) is 18.0 Å². The van der Waals surface area contributed by atoms with Crippen LogP contribution in [0.3, 0.4) is 0 Å². The minimum absolute atomic E-state index is 0.168. The third kappa shape index (κ3) is 1.92. The van der Waals surface area contributed by atoms with Crippen molar-refractivity contribution >= 4 is 15.9 Å². The summed E-state index contributed by atoms with van der Waals surface area (Å²) in [6, 6.07) is 5.20. The van der Waals surface area contributed by atoms with E-state index in [1.165, 1.54) is 12.5 Å². The molecule has 70 valence electrons. The number of hydrogen-bond acceptors (Lipinski definition) is 1. The van der Waals surface area contributed by atoms with E-state index in [4.69, 9.17) is 0 Å². The van der Waals surface area contributed by atoms with Gasteiger partial charge in [-0.15, -0.1) is 0 Å². The molecule has 1 fully saturated rings. The molecule has 13 heavy (non-hydrogen) atoms. The van der Waals surface area contributed by atoms with Crippen molar-refractivity contribution in [3.63, 3.8) is 0 Å². The van der Waals surface area contributed by atoms with Crippen LogP contribution >= 0.6 is 15.9 Å². The third-order valence-corrected chi connectivity index (χ3v) is 3.26. The molecule has 0 saturated carbocycles. The van der Waals surface area contributed by atoms with Gasteiger partial charge in [-0.25, -0.2) is 4.39 Å². The predicted octanol–water partition coefficient (Wildman–Crippen LogP) is 2.79. The minimum Gasteiger partial charge on any atom is -0.299 e. The lowest BCUT2D eigenvalue weighted by molar-refractivity contribution is 0.172. The molecular weight excluding hydrogens is 233 g/mol. The highest BCUT2D eigenvalue weighted by Gasteiger charge is 2.15. The summed E-state index contributed by atoms with van der Waals surface area (Å²) in [5.74, 6) is -0.168. The van der Waals surface area contributed by atoms with Gasteiger partial charge in [-0.1, -0.05) is 12.1 Å². The Labute approximate surface area is 85.7 Å². The molecule has 1 aromatic carbocycles. The summed E-state index contributed by atoms with van der Waals surface area (Å²) in [6.45, 7) is 3.14. The summed E-state index contributed by atoms with van der Waals surface area (Å²) in [7, 11) is 0. The molecule has 0 amide bonds. The highest BCUT2D eigenvalue weighted by atomic mass is 79.9. The number of nitrogens with zero attached hydrogens (tertiary/aromatic N) is 1. The van der Waals surface area contributed by atoms with E-state index in [-0.39, 0.29) is 5.82 Å². The number of likely N-dealkylation sites (tertiary alicyclic amines) is 1. The summed E-state index contributed by atoms with van der Waals surface area (Å²) in [4.78, 5) is 2.31. The van der Waals surface area contributed by atoms with Gasteiger partial charge < -0.3 is 0 Å². The second-order valence-corrected chi connectivity index (χ2v) is 4.14. The van der Waals surface area contributed by atoms with Crippen molar-refractivity contribution in [1.29, 1.82) is 0 Å². The molecule has 1 aromatic rings. The molecule has 0 bridgehead atoms. The van der Waals surface area contributed by atoms with Crippen LogP contribution in [0, 0.1) is 5.82 Å². The number of hydrogen-bond donors (Lipinski definition) is 0. The number of benzene rings is 1. The SMILES string of the molecule is Fc1cccc(CN2CCC2)c1Br. The Morgan fingerprint density at radius 3 is 2.77 bits per heavy atom. The van der Waals surface area contributed by atoms with Gasteiger partial charge in [0.05, 0.1) is 4.47 Å². The first-order valence-corrected chi connectivity index (χ1v) is 5.22. The van der Waals surface area contributed by atoms with Gasteiger partial charge in [-0.2, -0.15) is 0 Å². The van der Waals surface area contributed by atoms with Crippen molar-refractivity contribution in [2.24, 2.45) is 0 Å². The van der Waals surface area contributed by atoms with Gasteiger partial charge >= 0.3 is 0 Å². The number of halogens is 2. The first-order chi connectivity index (χ1) is 6.27. The molecule has 0 radical (unpaired) electrons. The van der Waals surface area contributed by atoms with Crippen LogP contribution in [0.2, 0.25) is 0 Å². The maximum absolute atomic E-state index is 13.1. The van der Waals surface area contributed by atoms with Crippen LogP contribution in [0.4, 0.5) is 4.39 Å². The lowest BCUT2D eigenvalue weighted by Gasteiger charge is -2.30. The van der Waals surface area contributed by atoms with Gasteiger partial charge in [0, 0.05) is 6.54 Å². The Kier molecular flexibility index (Phi) is 2.65. The molecule has 3 heteroatoms. The topological polar surface area (TPSA) is 3.24 Å². The van der Waals surface area contributed by atoms with Crippen molar-refractivity contribution in [2.45, 2.75) is 13.0 Å². The maximum atomic E-state index is 13.1. The highest BCUT2D eigenvalue weighted by Crippen LogP contribution is 2.23. The van der Waals surface area contributed by atoms with Crippen LogP contribution in [0.15, 0.2) is 22.7 Å². The summed E-state index contributed by atoms with van der Waals surface area (Å²) < 4.78 is 13.7. The molecule has 1 aliphatic heterocycles. The molecule has 1 aliphatic rings. The van der Waals surface area contributed by atoms with Crippen LogP contribution in [-0.2, 0) is 6.54 Å².